The Bertz CT molecular complexity index is 1010. The molecule has 0 spiro atoms. The third kappa shape index (κ3) is 5.53. The molecule has 0 aliphatic heterocycles. The first kappa shape index (κ1) is 21.2. The molecule has 0 aliphatic rings. The van der Waals surface area contributed by atoms with E-state index in [1.54, 1.807) is 6.21 Å². The van der Waals surface area contributed by atoms with Gasteiger partial charge in [0.15, 0.2) is 11.5 Å². The van der Waals surface area contributed by atoms with E-state index >= 15 is 0 Å². The minimum absolute atomic E-state index is 0.412. The Balaban J connectivity index is 1.84. The van der Waals surface area contributed by atoms with E-state index < -0.39 is 0 Å². The Hall–Kier alpha value is -2.49. The summed E-state index contributed by atoms with van der Waals surface area (Å²) in [7, 11) is 0. The van der Waals surface area contributed by atoms with Crippen molar-refractivity contribution in [2.45, 2.75) is 27.4 Å². The van der Waals surface area contributed by atoms with Crippen molar-refractivity contribution in [3.8, 4) is 11.5 Å². The van der Waals surface area contributed by atoms with Crippen LogP contribution >= 0.6 is 23.2 Å². The fourth-order valence-electron chi connectivity index (χ4n) is 2.79. The summed E-state index contributed by atoms with van der Waals surface area (Å²) in [5.74, 6) is 1.13. The lowest BCUT2D eigenvalue weighted by Gasteiger charge is -2.14. The van der Waals surface area contributed by atoms with Crippen molar-refractivity contribution in [1.82, 2.24) is 0 Å². The molecular weight excluding hydrogens is 405 g/mol. The molecule has 0 heterocycles. The van der Waals surface area contributed by atoms with Crippen LogP contribution in [0.1, 0.15) is 29.2 Å². The van der Waals surface area contributed by atoms with E-state index in [1.807, 2.05) is 56.3 Å². The van der Waals surface area contributed by atoms with Gasteiger partial charge in [0.2, 0.25) is 0 Å². The highest BCUT2D eigenvalue weighted by Crippen LogP contribution is 2.37. The predicted octanol–water partition coefficient (Wildman–Crippen LogP) is 7.34. The van der Waals surface area contributed by atoms with Gasteiger partial charge in [0, 0.05) is 11.2 Å². The average molecular weight is 428 g/mol. The number of hydrogen-bond acceptors (Lipinski definition) is 3. The van der Waals surface area contributed by atoms with Crippen molar-refractivity contribution in [3.63, 3.8) is 0 Å². The van der Waals surface area contributed by atoms with Crippen LogP contribution in [-0.2, 0) is 6.61 Å². The molecule has 5 heteroatoms. The molecule has 0 bridgehead atoms. The molecule has 0 saturated carbocycles. The second-order valence-electron chi connectivity index (χ2n) is 6.68. The molecule has 0 unspecified atom stereocenters. The van der Waals surface area contributed by atoms with E-state index in [1.165, 1.54) is 5.56 Å². The number of benzene rings is 3. The van der Waals surface area contributed by atoms with Crippen LogP contribution in [0, 0.1) is 13.8 Å². The van der Waals surface area contributed by atoms with Crippen molar-refractivity contribution >= 4 is 35.1 Å². The fraction of sp³-hybridized carbons (Fsp3) is 0.208. The summed E-state index contributed by atoms with van der Waals surface area (Å²) in [6, 6.07) is 17.5. The first-order chi connectivity index (χ1) is 14.0. The van der Waals surface area contributed by atoms with E-state index in [0.29, 0.717) is 34.8 Å². The molecule has 3 aromatic rings. The maximum absolute atomic E-state index is 6.51. The molecule has 0 fully saturated rings. The fourth-order valence-corrected chi connectivity index (χ4v) is 3.23. The first-order valence-electron chi connectivity index (χ1n) is 9.41. The van der Waals surface area contributed by atoms with Crippen LogP contribution in [0.25, 0.3) is 0 Å². The Morgan fingerprint density at radius 1 is 0.931 bits per heavy atom. The van der Waals surface area contributed by atoms with Gasteiger partial charge < -0.3 is 9.47 Å². The number of nitrogens with zero attached hydrogens (tertiary/aromatic N) is 1. The SMILES string of the molecule is CCOc1cc(C=Nc2cccc(Cl)c2C)cc(Cl)c1OCc1ccc(C)cc1. The minimum Gasteiger partial charge on any atom is -0.490 e. The average Bonchev–Trinajstić information content (AvgIpc) is 2.70. The standard InChI is InChI=1S/C24H23Cl2NO2/c1-4-28-23-13-19(14-27-22-7-5-6-20(25)17(22)3)12-21(26)24(23)29-15-18-10-8-16(2)9-11-18/h5-14H,4,15H2,1-3H3. The number of hydrogen-bond donors (Lipinski definition) is 0. The van der Waals surface area contributed by atoms with Gasteiger partial charge in [-0.25, -0.2) is 0 Å². The van der Waals surface area contributed by atoms with Crippen LogP contribution in [-0.4, -0.2) is 12.8 Å². The van der Waals surface area contributed by atoms with Gasteiger partial charge in [0.1, 0.15) is 6.61 Å². The molecule has 0 aliphatic carbocycles. The molecule has 3 nitrogen and oxygen atoms in total. The summed E-state index contributed by atoms with van der Waals surface area (Å²) in [5, 5.41) is 1.17. The zero-order chi connectivity index (χ0) is 20.8. The van der Waals surface area contributed by atoms with Gasteiger partial charge in [-0.2, -0.15) is 0 Å². The Labute approximate surface area is 181 Å². The van der Waals surface area contributed by atoms with E-state index in [9.17, 15) is 0 Å². The van der Waals surface area contributed by atoms with Crippen LogP contribution in [0.15, 0.2) is 59.6 Å². The molecule has 0 saturated heterocycles. The summed E-state index contributed by atoms with van der Waals surface area (Å²) in [6.45, 7) is 6.84. The minimum atomic E-state index is 0.412. The van der Waals surface area contributed by atoms with Crippen LogP contribution in [0.5, 0.6) is 11.5 Å². The molecule has 0 amide bonds. The van der Waals surface area contributed by atoms with Gasteiger partial charge in [-0.15, -0.1) is 0 Å². The van der Waals surface area contributed by atoms with Gasteiger partial charge in [-0.3, -0.25) is 4.99 Å². The highest BCUT2D eigenvalue weighted by molar-refractivity contribution is 6.32. The molecule has 0 N–H and O–H groups in total. The van der Waals surface area contributed by atoms with Crippen LogP contribution in [0.4, 0.5) is 5.69 Å². The third-order valence-corrected chi connectivity index (χ3v) is 5.12. The Morgan fingerprint density at radius 3 is 2.41 bits per heavy atom. The monoisotopic (exact) mass is 427 g/mol. The predicted molar refractivity (Wildman–Crippen MR) is 122 cm³/mol. The highest BCUT2D eigenvalue weighted by Gasteiger charge is 2.13. The van der Waals surface area contributed by atoms with Gasteiger partial charge in [0.25, 0.3) is 0 Å². The van der Waals surface area contributed by atoms with Crippen molar-refractivity contribution in [2.75, 3.05) is 6.61 Å². The number of rotatable bonds is 7. The zero-order valence-corrected chi connectivity index (χ0v) is 18.2. The van der Waals surface area contributed by atoms with E-state index in [0.717, 1.165) is 22.4 Å². The lowest BCUT2D eigenvalue weighted by molar-refractivity contribution is 0.269. The topological polar surface area (TPSA) is 30.8 Å². The number of aryl methyl sites for hydroxylation is 1. The van der Waals surface area contributed by atoms with E-state index in [4.69, 9.17) is 32.7 Å². The van der Waals surface area contributed by atoms with Gasteiger partial charge in [0.05, 0.1) is 17.3 Å². The highest BCUT2D eigenvalue weighted by atomic mass is 35.5. The summed E-state index contributed by atoms with van der Waals surface area (Å²) < 4.78 is 11.7. The Kier molecular flexibility index (Phi) is 7.18. The van der Waals surface area contributed by atoms with Crippen LogP contribution < -0.4 is 9.47 Å². The Morgan fingerprint density at radius 2 is 1.69 bits per heavy atom. The normalized spacial score (nSPS) is 11.1. The lowest BCUT2D eigenvalue weighted by Crippen LogP contribution is -2.01. The number of aliphatic imine (C=N–C) groups is 1. The molecule has 0 atom stereocenters. The summed E-state index contributed by atoms with van der Waals surface area (Å²) in [4.78, 5) is 4.55. The maximum atomic E-state index is 6.51. The molecule has 0 radical (unpaired) electrons. The number of ether oxygens (including phenoxy) is 2. The molecule has 150 valence electrons. The molecular formula is C24H23Cl2NO2. The first-order valence-corrected chi connectivity index (χ1v) is 10.2. The second-order valence-corrected chi connectivity index (χ2v) is 7.49. The van der Waals surface area contributed by atoms with Gasteiger partial charge in [-0.05, 0) is 61.7 Å². The van der Waals surface area contributed by atoms with Crippen molar-refractivity contribution in [3.05, 3.63) is 86.9 Å². The van der Waals surface area contributed by atoms with E-state index in [2.05, 4.69) is 24.0 Å². The van der Waals surface area contributed by atoms with Crippen LogP contribution in [0.3, 0.4) is 0 Å². The van der Waals surface area contributed by atoms with E-state index in [-0.39, 0.29) is 0 Å². The largest absolute Gasteiger partial charge is 0.490 e. The van der Waals surface area contributed by atoms with Crippen LogP contribution in [0.2, 0.25) is 10.0 Å². The lowest BCUT2D eigenvalue weighted by atomic mass is 10.1. The second kappa shape index (κ2) is 9.82. The van der Waals surface area contributed by atoms with Crippen molar-refractivity contribution < 1.29 is 9.47 Å². The summed E-state index contributed by atoms with van der Waals surface area (Å²) in [5.41, 5.74) is 4.84. The maximum Gasteiger partial charge on any atom is 0.180 e. The van der Waals surface area contributed by atoms with Crippen molar-refractivity contribution in [1.29, 1.82) is 0 Å². The molecule has 29 heavy (non-hydrogen) atoms. The molecule has 0 aromatic heterocycles. The van der Waals surface area contributed by atoms with Gasteiger partial charge >= 0.3 is 0 Å². The smallest absolute Gasteiger partial charge is 0.180 e. The molecule has 3 aromatic carbocycles. The summed E-state index contributed by atoms with van der Waals surface area (Å²) >= 11 is 12.7. The van der Waals surface area contributed by atoms with Gasteiger partial charge in [-0.1, -0.05) is 59.1 Å². The number of halogens is 2. The van der Waals surface area contributed by atoms with Crippen molar-refractivity contribution in [2.24, 2.45) is 4.99 Å². The zero-order valence-electron chi connectivity index (χ0n) is 16.7. The quantitative estimate of drug-likeness (QED) is 0.369. The summed E-state index contributed by atoms with van der Waals surface area (Å²) in [6.07, 6.45) is 1.75. The third-order valence-electron chi connectivity index (χ3n) is 4.43. The molecule has 3 rings (SSSR count).